The Labute approximate surface area is 143 Å². The molecule has 6 heteroatoms. The Morgan fingerprint density at radius 1 is 1.12 bits per heavy atom. The molecule has 1 fully saturated rings. The Bertz CT molecular complexity index is 979. The smallest absolute Gasteiger partial charge is 0.231 e. The number of nitrogens with one attached hydrogen (secondary N) is 1. The molecule has 5 nitrogen and oxygen atoms in total. The molecule has 0 spiro atoms. The second-order valence-electron chi connectivity index (χ2n) is 5.99. The molecule has 128 valence electrons. The van der Waals surface area contributed by atoms with Crippen LogP contribution in [0.5, 0.6) is 5.75 Å². The summed E-state index contributed by atoms with van der Waals surface area (Å²) in [6.07, 6.45) is 0. The molecule has 4 rings (SSSR count). The number of aromatic amines is 1. The third-order valence-corrected chi connectivity index (χ3v) is 4.46. The SMILES string of the molecule is O=c1c(O)c(-c2ccccc2)[nH]c2cc(F)c(N3CCOCC3)cc12. The van der Waals surface area contributed by atoms with Gasteiger partial charge in [0.05, 0.1) is 35.5 Å². The highest BCUT2D eigenvalue weighted by Gasteiger charge is 2.19. The molecule has 1 aliphatic heterocycles. The molecule has 2 aromatic carbocycles. The molecule has 3 aromatic rings. The van der Waals surface area contributed by atoms with E-state index in [2.05, 4.69) is 4.98 Å². The van der Waals surface area contributed by atoms with E-state index in [1.54, 1.807) is 24.3 Å². The van der Waals surface area contributed by atoms with Crippen molar-refractivity contribution >= 4 is 16.6 Å². The Kier molecular flexibility index (Phi) is 3.89. The quantitative estimate of drug-likeness (QED) is 0.753. The minimum Gasteiger partial charge on any atom is -0.503 e. The minimum atomic E-state index is -0.512. The van der Waals surface area contributed by atoms with Crippen molar-refractivity contribution in [2.24, 2.45) is 0 Å². The number of aromatic nitrogens is 1. The molecule has 25 heavy (non-hydrogen) atoms. The predicted molar refractivity (Wildman–Crippen MR) is 94.7 cm³/mol. The zero-order valence-electron chi connectivity index (χ0n) is 13.5. The van der Waals surface area contributed by atoms with Gasteiger partial charge in [0.25, 0.3) is 0 Å². The number of pyridine rings is 1. The van der Waals surface area contributed by atoms with Crippen LogP contribution in [0.25, 0.3) is 22.2 Å². The lowest BCUT2D eigenvalue weighted by molar-refractivity contribution is 0.122. The normalized spacial score (nSPS) is 14.8. The maximum atomic E-state index is 14.6. The number of fused-ring (bicyclic) bond motifs is 1. The number of rotatable bonds is 2. The molecule has 0 saturated carbocycles. The molecule has 0 radical (unpaired) electrons. The number of morpholine rings is 1. The first-order valence-electron chi connectivity index (χ1n) is 8.12. The van der Waals surface area contributed by atoms with Crippen LogP contribution < -0.4 is 10.3 Å². The number of benzene rings is 2. The van der Waals surface area contributed by atoms with Crippen LogP contribution in [0.15, 0.2) is 47.3 Å². The summed E-state index contributed by atoms with van der Waals surface area (Å²) >= 11 is 0. The maximum absolute atomic E-state index is 14.6. The van der Waals surface area contributed by atoms with E-state index in [0.29, 0.717) is 43.1 Å². The second-order valence-corrected chi connectivity index (χ2v) is 5.99. The van der Waals surface area contributed by atoms with Crippen molar-refractivity contribution in [2.75, 3.05) is 31.2 Å². The summed E-state index contributed by atoms with van der Waals surface area (Å²) in [4.78, 5) is 17.5. The van der Waals surface area contributed by atoms with Crippen LogP contribution in [-0.2, 0) is 4.74 Å². The highest BCUT2D eigenvalue weighted by molar-refractivity contribution is 5.87. The van der Waals surface area contributed by atoms with Crippen LogP contribution in [0, 0.1) is 5.82 Å². The van der Waals surface area contributed by atoms with Gasteiger partial charge in [-0.15, -0.1) is 0 Å². The Morgan fingerprint density at radius 2 is 1.84 bits per heavy atom. The van der Waals surface area contributed by atoms with Gasteiger partial charge in [-0.2, -0.15) is 0 Å². The fraction of sp³-hybridized carbons (Fsp3) is 0.211. The van der Waals surface area contributed by atoms with Gasteiger partial charge >= 0.3 is 0 Å². The lowest BCUT2D eigenvalue weighted by Gasteiger charge is -2.29. The molecule has 0 atom stereocenters. The van der Waals surface area contributed by atoms with Crippen LogP contribution in [0.3, 0.4) is 0 Å². The van der Waals surface area contributed by atoms with E-state index >= 15 is 0 Å². The number of hydrogen-bond donors (Lipinski definition) is 2. The number of anilines is 1. The van der Waals surface area contributed by atoms with Crippen LogP contribution in [0.4, 0.5) is 10.1 Å². The summed E-state index contributed by atoms with van der Waals surface area (Å²) in [6.45, 7) is 2.17. The van der Waals surface area contributed by atoms with Gasteiger partial charge in [-0.1, -0.05) is 30.3 Å². The van der Waals surface area contributed by atoms with Gasteiger partial charge in [0.1, 0.15) is 5.82 Å². The van der Waals surface area contributed by atoms with Crippen molar-refractivity contribution < 1.29 is 14.2 Å². The lowest BCUT2D eigenvalue weighted by atomic mass is 10.1. The van der Waals surface area contributed by atoms with Crippen LogP contribution >= 0.6 is 0 Å². The van der Waals surface area contributed by atoms with Gasteiger partial charge in [0.2, 0.25) is 5.43 Å². The summed E-state index contributed by atoms with van der Waals surface area (Å²) in [7, 11) is 0. The van der Waals surface area contributed by atoms with Gasteiger partial charge < -0.3 is 19.7 Å². The first-order valence-corrected chi connectivity index (χ1v) is 8.12. The molecule has 1 aromatic heterocycles. The Hall–Kier alpha value is -2.86. The van der Waals surface area contributed by atoms with E-state index in [-0.39, 0.29) is 16.8 Å². The average molecular weight is 340 g/mol. The van der Waals surface area contributed by atoms with Gasteiger partial charge in [-0.3, -0.25) is 4.79 Å². The van der Waals surface area contributed by atoms with E-state index < -0.39 is 11.2 Å². The maximum Gasteiger partial charge on any atom is 0.231 e. The van der Waals surface area contributed by atoms with Crippen molar-refractivity contribution in [3.8, 4) is 17.0 Å². The number of ether oxygens (including phenoxy) is 1. The van der Waals surface area contributed by atoms with E-state index in [9.17, 15) is 14.3 Å². The number of aromatic hydroxyl groups is 1. The highest BCUT2D eigenvalue weighted by Crippen LogP contribution is 2.30. The molecular weight excluding hydrogens is 323 g/mol. The summed E-state index contributed by atoms with van der Waals surface area (Å²) in [5.41, 5.74) is 1.15. The topological polar surface area (TPSA) is 65.6 Å². The fourth-order valence-electron chi connectivity index (χ4n) is 3.15. The highest BCUT2D eigenvalue weighted by atomic mass is 19.1. The monoisotopic (exact) mass is 340 g/mol. The number of halogens is 1. The van der Waals surface area contributed by atoms with Gasteiger partial charge in [0, 0.05) is 24.7 Å². The first kappa shape index (κ1) is 15.7. The summed E-state index contributed by atoms with van der Waals surface area (Å²) < 4.78 is 19.9. The molecule has 2 N–H and O–H groups in total. The molecule has 0 aliphatic carbocycles. The van der Waals surface area contributed by atoms with E-state index in [1.807, 2.05) is 11.0 Å². The molecule has 0 unspecified atom stereocenters. The number of H-pyrrole nitrogens is 1. The van der Waals surface area contributed by atoms with Crippen molar-refractivity contribution in [1.82, 2.24) is 4.98 Å². The third kappa shape index (κ3) is 2.74. The van der Waals surface area contributed by atoms with Crippen LogP contribution in [0.1, 0.15) is 0 Å². The summed E-state index contributed by atoms with van der Waals surface area (Å²) in [6, 6.07) is 11.8. The molecule has 1 aliphatic rings. The van der Waals surface area contributed by atoms with Crippen LogP contribution in [-0.4, -0.2) is 36.4 Å². The second kappa shape index (κ2) is 6.22. The fourth-order valence-corrected chi connectivity index (χ4v) is 3.15. The lowest BCUT2D eigenvalue weighted by Crippen LogP contribution is -2.36. The van der Waals surface area contributed by atoms with Gasteiger partial charge in [-0.25, -0.2) is 4.39 Å². The average Bonchev–Trinajstić information content (AvgIpc) is 2.66. The van der Waals surface area contributed by atoms with E-state index in [0.717, 1.165) is 0 Å². The zero-order valence-corrected chi connectivity index (χ0v) is 13.5. The molecular formula is C19H17FN2O3. The van der Waals surface area contributed by atoms with E-state index in [1.165, 1.54) is 12.1 Å². The number of nitrogens with zero attached hydrogens (tertiary/aromatic N) is 1. The molecule has 1 saturated heterocycles. The Balaban J connectivity index is 1.90. The van der Waals surface area contributed by atoms with Gasteiger partial charge in [0.15, 0.2) is 5.75 Å². The van der Waals surface area contributed by atoms with Crippen molar-refractivity contribution in [3.05, 3.63) is 58.5 Å². The number of hydrogen-bond acceptors (Lipinski definition) is 4. The molecule has 0 bridgehead atoms. The van der Waals surface area contributed by atoms with Crippen molar-refractivity contribution in [1.29, 1.82) is 0 Å². The molecule has 0 amide bonds. The minimum absolute atomic E-state index is 0.264. The zero-order chi connectivity index (χ0) is 17.4. The third-order valence-electron chi connectivity index (χ3n) is 4.46. The van der Waals surface area contributed by atoms with Crippen molar-refractivity contribution in [3.63, 3.8) is 0 Å². The van der Waals surface area contributed by atoms with E-state index in [4.69, 9.17) is 4.74 Å². The first-order chi connectivity index (χ1) is 12.1. The molecule has 2 heterocycles. The standard InChI is InChI=1S/C19H17FN2O3/c20-14-11-15-13(10-16(14)22-6-8-25-9-7-22)18(23)19(24)17(21-15)12-4-2-1-3-5-12/h1-5,10-11,24H,6-9H2,(H,21,23). The Morgan fingerprint density at radius 3 is 2.56 bits per heavy atom. The largest absolute Gasteiger partial charge is 0.503 e. The summed E-state index contributed by atoms with van der Waals surface area (Å²) in [5.74, 6) is -0.770. The van der Waals surface area contributed by atoms with Crippen LogP contribution in [0.2, 0.25) is 0 Å². The van der Waals surface area contributed by atoms with Gasteiger partial charge in [-0.05, 0) is 6.07 Å². The van der Waals surface area contributed by atoms with Crippen molar-refractivity contribution in [2.45, 2.75) is 0 Å². The predicted octanol–water partition coefficient (Wildman–Crippen LogP) is 2.88. The summed E-state index contributed by atoms with van der Waals surface area (Å²) in [5, 5.41) is 10.6.